The number of para-hydroxylation sites is 1. The predicted molar refractivity (Wildman–Crippen MR) is 111 cm³/mol. The quantitative estimate of drug-likeness (QED) is 0.692. The lowest BCUT2D eigenvalue weighted by Crippen LogP contribution is -2.41. The zero-order valence-electron chi connectivity index (χ0n) is 16.3. The maximum atomic E-state index is 12.6. The van der Waals surface area contributed by atoms with E-state index >= 15 is 0 Å². The molecule has 0 spiro atoms. The van der Waals surface area contributed by atoms with Crippen LogP contribution in [0.4, 0.5) is 5.82 Å². The van der Waals surface area contributed by atoms with Crippen LogP contribution in [0.2, 0.25) is 0 Å². The molecular weight excluding hydrogens is 350 g/mol. The molecule has 1 aliphatic rings. The zero-order chi connectivity index (χ0) is 19.3. The molecule has 3 aromatic rings. The number of anilines is 1. The van der Waals surface area contributed by atoms with Crippen molar-refractivity contribution in [1.29, 1.82) is 0 Å². The van der Waals surface area contributed by atoms with Gasteiger partial charge >= 0.3 is 0 Å². The Hall–Kier alpha value is -2.89. The van der Waals surface area contributed by atoms with E-state index in [2.05, 4.69) is 56.5 Å². The number of piperidine rings is 1. The Labute approximate surface area is 165 Å². The standard InChI is InChI=1S/C22H27N5O/c1-2-16-4-3-5-19-18(14-26-21(16)19)6-9-25-22(28)17-7-12-27(13-8-17)20-15-23-10-11-24-20/h3-5,10-11,14-15,17,26H,2,6-9,12-13H2,1H3,(H,25,28). The van der Waals surface area contributed by atoms with Crippen molar-refractivity contribution in [2.75, 3.05) is 24.5 Å². The number of nitrogens with one attached hydrogen (secondary N) is 2. The third-order valence-corrected chi connectivity index (χ3v) is 5.70. The molecule has 1 fully saturated rings. The summed E-state index contributed by atoms with van der Waals surface area (Å²) in [6.45, 7) is 4.54. The Kier molecular flexibility index (Phi) is 5.55. The van der Waals surface area contributed by atoms with Gasteiger partial charge in [-0.05, 0) is 36.8 Å². The normalized spacial score (nSPS) is 15.1. The van der Waals surface area contributed by atoms with Gasteiger partial charge in [-0.25, -0.2) is 4.98 Å². The molecule has 28 heavy (non-hydrogen) atoms. The first-order chi connectivity index (χ1) is 13.8. The Morgan fingerprint density at radius 3 is 2.86 bits per heavy atom. The summed E-state index contributed by atoms with van der Waals surface area (Å²) in [5.74, 6) is 1.16. The van der Waals surface area contributed by atoms with E-state index in [1.807, 2.05) is 0 Å². The number of aromatic amines is 1. The number of rotatable bonds is 6. The summed E-state index contributed by atoms with van der Waals surface area (Å²) >= 11 is 0. The topological polar surface area (TPSA) is 73.9 Å². The maximum absolute atomic E-state index is 12.6. The molecule has 0 atom stereocenters. The number of benzene rings is 1. The average Bonchev–Trinajstić information content (AvgIpc) is 3.17. The molecule has 0 saturated carbocycles. The van der Waals surface area contributed by atoms with Gasteiger partial charge in [0.1, 0.15) is 5.82 Å². The summed E-state index contributed by atoms with van der Waals surface area (Å²) in [6.07, 6.45) is 10.8. The summed E-state index contributed by atoms with van der Waals surface area (Å²) < 4.78 is 0. The molecule has 146 valence electrons. The van der Waals surface area contributed by atoms with Crippen LogP contribution in [0.3, 0.4) is 0 Å². The Morgan fingerprint density at radius 1 is 1.25 bits per heavy atom. The lowest BCUT2D eigenvalue weighted by molar-refractivity contribution is -0.125. The van der Waals surface area contributed by atoms with E-state index in [9.17, 15) is 4.79 Å². The number of H-pyrrole nitrogens is 1. The minimum Gasteiger partial charge on any atom is -0.361 e. The molecule has 3 heterocycles. The van der Waals surface area contributed by atoms with Crippen LogP contribution < -0.4 is 10.2 Å². The SMILES string of the molecule is CCc1cccc2c(CCNC(=O)C3CCN(c4cnccn4)CC3)c[nH]c12. The van der Waals surface area contributed by atoms with Crippen molar-refractivity contribution in [3.05, 3.63) is 54.1 Å². The van der Waals surface area contributed by atoms with Gasteiger partial charge in [0.15, 0.2) is 0 Å². The monoisotopic (exact) mass is 377 g/mol. The molecule has 2 N–H and O–H groups in total. The van der Waals surface area contributed by atoms with E-state index in [0.29, 0.717) is 6.54 Å². The van der Waals surface area contributed by atoms with Crippen LogP contribution in [0.5, 0.6) is 0 Å². The second kappa shape index (κ2) is 8.42. The third-order valence-electron chi connectivity index (χ3n) is 5.70. The van der Waals surface area contributed by atoms with E-state index in [1.165, 1.54) is 22.0 Å². The van der Waals surface area contributed by atoms with Crippen LogP contribution in [-0.4, -0.2) is 40.5 Å². The molecule has 0 bridgehead atoms. The van der Waals surface area contributed by atoms with Gasteiger partial charge in [0.2, 0.25) is 5.91 Å². The van der Waals surface area contributed by atoms with E-state index in [0.717, 1.165) is 44.6 Å². The molecule has 0 unspecified atom stereocenters. The molecule has 1 amide bonds. The molecule has 1 saturated heterocycles. The van der Waals surface area contributed by atoms with Gasteiger partial charge in [0, 0.05) is 55.0 Å². The van der Waals surface area contributed by atoms with Gasteiger partial charge in [-0.15, -0.1) is 0 Å². The molecule has 4 rings (SSSR count). The number of hydrogen-bond donors (Lipinski definition) is 2. The highest BCUT2D eigenvalue weighted by Gasteiger charge is 2.25. The minimum absolute atomic E-state index is 0.0857. The zero-order valence-corrected chi connectivity index (χ0v) is 16.3. The minimum atomic E-state index is 0.0857. The molecule has 6 heteroatoms. The number of carbonyl (C=O) groups excluding carboxylic acids is 1. The van der Waals surface area contributed by atoms with Crippen LogP contribution in [0, 0.1) is 5.92 Å². The number of hydrogen-bond acceptors (Lipinski definition) is 4. The lowest BCUT2D eigenvalue weighted by Gasteiger charge is -2.31. The van der Waals surface area contributed by atoms with Crippen molar-refractivity contribution in [3.8, 4) is 0 Å². The Balaban J connectivity index is 1.28. The first kappa shape index (κ1) is 18.5. The second-order valence-electron chi connectivity index (χ2n) is 7.37. The number of carbonyl (C=O) groups is 1. The van der Waals surface area contributed by atoms with Gasteiger partial charge in [-0.2, -0.15) is 0 Å². The van der Waals surface area contributed by atoms with E-state index in [1.54, 1.807) is 18.6 Å². The lowest BCUT2D eigenvalue weighted by atomic mass is 9.96. The highest BCUT2D eigenvalue weighted by atomic mass is 16.1. The summed E-state index contributed by atoms with van der Waals surface area (Å²) in [5, 5.41) is 4.41. The van der Waals surface area contributed by atoms with Crippen LogP contribution in [0.1, 0.15) is 30.9 Å². The number of nitrogens with zero attached hydrogens (tertiary/aromatic N) is 3. The largest absolute Gasteiger partial charge is 0.361 e. The van der Waals surface area contributed by atoms with Gasteiger partial charge in [0.05, 0.1) is 6.20 Å². The highest BCUT2D eigenvalue weighted by Crippen LogP contribution is 2.23. The van der Waals surface area contributed by atoms with E-state index in [4.69, 9.17) is 0 Å². The van der Waals surface area contributed by atoms with Gasteiger partial charge < -0.3 is 15.2 Å². The number of fused-ring (bicyclic) bond motifs is 1. The summed E-state index contributed by atoms with van der Waals surface area (Å²) in [6, 6.07) is 6.43. The second-order valence-corrected chi connectivity index (χ2v) is 7.37. The maximum Gasteiger partial charge on any atom is 0.223 e. The molecule has 2 aromatic heterocycles. The van der Waals surface area contributed by atoms with Crippen molar-refractivity contribution >= 4 is 22.6 Å². The fourth-order valence-electron chi connectivity index (χ4n) is 4.07. The Bertz CT molecular complexity index is 929. The van der Waals surface area contributed by atoms with Crippen LogP contribution in [-0.2, 0) is 17.6 Å². The molecular formula is C22H27N5O. The summed E-state index contributed by atoms with van der Waals surface area (Å²) in [4.78, 5) is 26.6. The summed E-state index contributed by atoms with van der Waals surface area (Å²) in [5.41, 5.74) is 3.83. The van der Waals surface area contributed by atoms with Crippen molar-refractivity contribution in [2.45, 2.75) is 32.6 Å². The molecule has 1 aromatic carbocycles. The molecule has 1 aliphatic heterocycles. The van der Waals surface area contributed by atoms with Crippen molar-refractivity contribution < 1.29 is 4.79 Å². The molecule has 0 aliphatic carbocycles. The number of aryl methyl sites for hydroxylation is 1. The first-order valence-electron chi connectivity index (χ1n) is 10.1. The van der Waals surface area contributed by atoms with Gasteiger partial charge in [-0.3, -0.25) is 9.78 Å². The first-order valence-corrected chi connectivity index (χ1v) is 10.1. The van der Waals surface area contributed by atoms with Crippen molar-refractivity contribution in [2.24, 2.45) is 5.92 Å². The third kappa shape index (κ3) is 3.86. The van der Waals surface area contributed by atoms with Crippen LogP contribution in [0.25, 0.3) is 10.9 Å². The fraction of sp³-hybridized carbons (Fsp3) is 0.409. The number of aromatic nitrogens is 3. The van der Waals surface area contributed by atoms with E-state index in [-0.39, 0.29) is 11.8 Å². The Morgan fingerprint density at radius 2 is 2.11 bits per heavy atom. The smallest absolute Gasteiger partial charge is 0.223 e. The number of amides is 1. The summed E-state index contributed by atoms with van der Waals surface area (Å²) in [7, 11) is 0. The predicted octanol–water partition coefficient (Wildman–Crippen LogP) is 3.10. The van der Waals surface area contributed by atoms with Crippen LogP contribution in [0.15, 0.2) is 43.0 Å². The van der Waals surface area contributed by atoms with Gasteiger partial charge in [0.25, 0.3) is 0 Å². The van der Waals surface area contributed by atoms with Crippen molar-refractivity contribution in [3.63, 3.8) is 0 Å². The fourth-order valence-corrected chi connectivity index (χ4v) is 4.07. The van der Waals surface area contributed by atoms with Crippen molar-refractivity contribution in [1.82, 2.24) is 20.3 Å². The highest BCUT2D eigenvalue weighted by molar-refractivity contribution is 5.86. The van der Waals surface area contributed by atoms with Crippen LogP contribution >= 0.6 is 0 Å². The average molecular weight is 377 g/mol. The van der Waals surface area contributed by atoms with Gasteiger partial charge in [-0.1, -0.05) is 25.1 Å². The molecule has 6 nitrogen and oxygen atoms in total. The molecule has 0 radical (unpaired) electrons. The van der Waals surface area contributed by atoms with E-state index < -0.39 is 0 Å².